The zero-order chi connectivity index (χ0) is 27.2. The molecule has 1 atom stereocenters. The fourth-order valence-corrected chi connectivity index (χ4v) is 3.78. The van der Waals surface area contributed by atoms with Crippen LogP contribution in [0.2, 0.25) is 0 Å². The van der Waals surface area contributed by atoms with Gasteiger partial charge in [0.1, 0.15) is 18.5 Å². The first-order chi connectivity index (χ1) is 17.7. The molecule has 0 aromatic heterocycles. The van der Waals surface area contributed by atoms with E-state index in [1.54, 1.807) is 31.2 Å². The lowest BCUT2D eigenvalue weighted by molar-refractivity contribution is -0.156. The first-order valence-electron chi connectivity index (χ1n) is 12.2. The highest BCUT2D eigenvalue weighted by Crippen LogP contribution is 2.30. The van der Waals surface area contributed by atoms with Crippen molar-refractivity contribution in [3.8, 4) is 5.75 Å². The standard InChI is InChI=1S/C27H34O10/c1-4-23(28)36-18(2)17-35-25(30)14-13-24(29)34-16-15-19-5-11-22(12-6-19)37-27(32)21-9-7-20(8-10-21)26(31)33-3/h4-6,11-12,18,20-21H,1,7-10,13-17H2,2-3H3. The van der Waals surface area contributed by atoms with Crippen LogP contribution in [0.3, 0.4) is 0 Å². The second-order valence-electron chi connectivity index (χ2n) is 8.74. The normalized spacial score (nSPS) is 17.6. The van der Waals surface area contributed by atoms with Crippen LogP contribution in [0.25, 0.3) is 0 Å². The van der Waals surface area contributed by atoms with Crippen LogP contribution >= 0.6 is 0 Å². The molecule has 10 nitrogen and oxygen atoms in total. The molecule has 0 amide bonds. The Bertz CT molecular complexity index is 944. The topological polar surface area (TPSA) is 132 Å². The number of ether oxygens (including phenoxy) is 5. The molecule has 0 N–H and O–H groups in total. The van der Waals surface area contributed by atoms with Gasteiger partial charge in [-0.25, -0.2) is 4.79 Å². The molecule has 0 spiro atoms. The monoisotopic (exact) mass is 518 g/mol. The van der Waals surface area contributed by atoms with E-state index in [1.807, 2.05) is 0 Å². The summed E-state index contributed by atoms with van der Waals surface area (Å²) in [5.74, 6) is -2.25. The largest absolute Gasteiger partial charge is 0.469 e. The number of esters is 5. The quantitative estimate of drug-likeness (QED) is 0.166. The van der Waals surface area contributed by atoms with Gasteiger partial charge in [-0.1, -0.05) is 18.7 Å². The van der Waals surface area contributed by atoms with E-state index in [0.29, 0.717) is 37.9 Å². The third-order valence-electron chi connectivity index (χ3n) is 5.89. The van der Waals surface area contributed by atoms with Crippen LogP contribution in [-0.4, -0.2) is 56.3 Å². The minimum Gasteiger partial charge on any atom is -0.469 e. The fraction of sp³-hybridized carbons (Fsp3) is 0.519. The van der Waals surface area contributed by atoms with Crippen LogP contribution in [0.1, 0.15) is 51.0 Å². The zero-order valence-electron chi connectivity index (χ0n) is 21.3. The molecule has 202 valence electrons. The lowest BCUT2D eigenvalue weighted by atomic mass is 9.82. The number of hydrogen-bond donors (Lipinski definition) is 0. The van der Waals surface area contributed by atoms with Gasteiger partial charge in [0.05, 0.1) is 38.4 Å². The van der Waals surface area contributed by atoms with Crippen molar-refractivity contribution in [3.05, 3.63) is 42.5 Å². The van der Waals surface area contributed by atoms with Crippen molar-refractivity contribution in [1.82, 2.24) is 0 Å². The number of hydrogen-bond acceptors (Lipinski definition) is 10. The van der Waals surface area contributed by atoms with Gasteiger partial charge in [-0.15, -0.1) is 0 Å². The molecule has 1 unspecified atom stereocenters. The zero-order valence-corrected chi connectivity index (χ0v) is 21.3. The summed E-state index contributed by atoms with van der Waals surface area (Å²) in [6.45, 7) is 4.86. The Morgan fingerprint density at radius 2 is 1.49 bits per heavy atom. The number of rotatable bonds is 13. The van der Waals surface area contributed by atoms with Crippen molar-refractivity contribution >= 4 is 29.8 Å². The fourth-order valence-electron chi connectivity index (χ4n) is 3.78. The Kier molecular flexibility index (Phi) is 12.3. The SMILES string of the molecule is C=CC(=O)OC(C)COC(=O)CCC(=O)OCCc1ccc(OC(=O)C2CCC(C(=O)OC)CC2)cc1. The first kappa shape index (κ1) is 29.5. The molecular weight excluding hydrogens is 484 g/mol. The Labute approximate surface area is 216 Å². The molecule has 1 aromatic rings. The van der Waals surface area contributed by atoms with Gasteiger partial charge in [0.2, 0.25) is 0 Å². The maximum absolute atomic E-state index is 12.4. The highest BCUT2D eigenvalue weighted by molar-refractivity contribution is 5.81. The second-order valence-corrected chi connectivity index (χ2v) is 8.74. The van der Waals surface area contributed by atoms with Gasteiger partial charge in [0, 0.05) is 12.5 Å². The number of carbonyl (C=O) groups is 5. The predicted octanol–water partition coefficient (Wildman–Crippen LogP) is 3.10. The molecule has 1 aromatic carbocycles. The van der Waals surface area contributed by atoms with Gasteiger partial charge < -0.3 is 23.7 Å². The van der Waals surface area contributed by atoms with Crippen LogP contribution < -0.4 is 4.74 Å². The lowest BCUT2D eigenvalue weighted by Gasteiger charge is -2.25. The van der Waals surface area contributed by atoms with E-state index in [4.69, 9.17) is 23.7 Å². The van der Waals surface area contributed by atoms with E-state index < -0.39 is 24.0 Å². The summed E-state index contributed by atoms with van der Waals surface area (Å²) in [6.07, 6.45) is 2.96. The van der Waals surface area contributed by atoms with E-state index >= 15 is 0 Å². The third-order valence-corrected chi connectivity index (χ3v) is 5.89. The van der Waals surface area contributed by atoms with Crippen LogP contribution in [0.4, 0.5) is 0 Å². The van der Waals surface area contributed by atoms with Crippen molar-refractivity contribution in [2.45, 2.75) is 58.0 Å². The maximum Gasteiger partial charge on any atom is 0.330 e. The molecule has 0 saturated heterocycles. The molecule has 1 fully saturated rings. The molecule has 2 rings (SSSR count). The molecule has 37 heavy (non-hydrogen) atoms. The van der Waals surface area contributed by atoms with E-state index in [1.165, 1.54) is 7.11 Å². The van der Waals surface area contributed by atoms with Crippen molar-refractivity contribution < 1.29 is 47.7 Å². The summed E-state index contributed by atoms with van der Waals surface area (Å²) >= 11 is 0. The van der Waals surface area contributed by atoms with Gasteiger partial charge in [-0.3, -0.25) is 19.2 Å². The van der Waals surface area contributed by atoms with Gasteiger partial charge in [0.15, 0.2) is 0 Å². The molecule has 10 heteroatoms. The van der Waals surface area contributed by atoms with E-state index in [-0.39, 0.29) is 49.8 Å². The second kappa shape index (κ2) is 15.4. The molecule has 0 bridgehead atoms. The minimum absolute atomic E-state index is 0.116. The van der Waals surface area contributed by atoms with E-state index in [0.717, 1.165) is 11.6 Å². The Morgan fingerprint density at radius 3 is 2.05 bits per heavy atom. The van der Waals surface area contributed by atoms with Crippen LogP contribution in [0.5, 0.6) is 5.75 Å². The summed E-state index contributed by atoms with van der Waals surface area (Å²) in [5.41, 5.74) is 0.883. The van der Waals surface area contributed by atoms with Crippen molar-refractivity contribution in [1.29, 1.82) is 0 Å². The van der Waals surface area contributed by atoms with Gasteiger partial charge in [0.25, 0.3) is 0 Å². The molecular formula is C27H34O10. The molecule has 1 aliphatic rings. The summed E-state index contributed by atoms with van der Waals surface area (Å²) in [6, 6.07) is 6.92. The average Bonchev–Trinajstić information content (AvgIpc) is 2.91. The Hall–Kier alpha value is -3.69. The Morgan fingerprint density at radius 1 is 0.919 bits per heavy atom. The highest BCUT2D eigenvalue weighted by Gasteiger charge is 2.31. The third kappa shape index (κ3) is 10.8. The predicted molar refractivity (Wildman–Crippen MR) is 130 cm³/mol. The van der Waals surface area contributed by atoms with E-state index in [9.17, 15) is 24.0 Å². The van der Waals surface area contributed by atoms with E-state index in [2.05, 4.69) is 6.58 Å². The summed E-state index contributed by atoms with van der Waals surface area (Å²) in [5, 5.41) is 0. The van der Waals surface area contributed by atoms with Gasteiger partial charge in [-0.05, 0) is 50.3 Å². The average molecular weight is 519 g/mol. The summed E-state index contributed by atoms with van der Waals surface area (Å²) in [4.78, 5) is 58.7. The molecule has 1 saturated carbocycles. The summed E-state index contributed by atoms with van der Waals surface area (Å²) in [7, 11) is 1.37. The van der Waals surface area contributed by atoms with Gasteiger partial charge >= 0.3 is 29.8 Å². The number of benzene rings is 1. The summed E-state index contributed by atoms with van der Waals surface area (Å²) < 4.78 is 25.2. The number of methoxy groups -OCH3 is 1. The molecule has 0 radical (unpaired) electrons. The van der Waals surface area contributed by atoms with Crippen LogP contribution in [0, 0.1) is 11.8 Å². The van der Waals surface area contributed by atoms with Crippen molar-refractivity contribution in [3.63, 3.8) is 0 Å². The van der Waals surface area contributed by atoms with Crippen molar-refractivity contribution in [2.24, 2.45) is 11.8 Å². The molecule has 1 aliphatic carbocycles. The van der Waals surface area contributed by atoms with Crippen LogP contribution in [-0.2, 0) is 49.3 Å². The van der Waals surface area contributed by atoms with Crippen LogP contribution in [0.15, 0.2) is 36.9 Å². The molecule has 0 aliphatic heterocycles. The first-order valence-corrected chi connectivity index (χ1v) is 12.2. The smallest absolute Gasteiger partial charge is 0.330 e. The highest BCUT2D eigenvalue weighted by atomic mass is 16.6. The van der Waals surface area contributed by atoms with Crippen molar-refractivity contribution in [2.75, 3.05) is 20.3 Å². The number of carbonyl (C=O) groups excluding carboxylic acids is 5. The molecule has 0 heterocycles. The van der Waals surface area contributed by atoms with Gasteiger partial charge in [-0.2, -0.15) is 0 Å². The Balaban J connectivity index is 1.62. The maximum atomic E-state index is 12.4. The lowest BCUT2D eigenvalue weighted by Crippen LogP contribution is -2.29. The minimum atomic E-state index is -0.621.